The van der Waals surface area contributed by atoms with Gasteiger partial charge in [-0.1, -0.05) is 72.8 Å². The van der Waals surface area contributed by atoms with Crippen LogP contribution in [0.15, 0.2) is 84.9 Å². The number of benzene rings is 3. The summed E-state index contributed by atoms with van der Waals surface area (Å²) in [5.74, 6) is -1.02. The first-order chi connectivity index (χ1) is 26.9. The maximum Gasteiger partial charge on any atom is 0.410 e. The Kier molecular flexibility index (Phi) is 16.7. The Morgan fingerprint density at radius 1 is 0.643 bits per heavy atom. The summed E-state index contributed by atoms with van der Waals surface area (Å²) < 4.78 is 16.3. The molecule has 1 aliphatic rings. The van der Waals surface area contributed by atoms with Crippen LogP contribution < -0.4 is 16.0 Å². The molecule has 0 spiro atoms. The molecule has 1 aliphatic heterocycles. The second-order valence-corrected chi connectivity index (χ2v) is 14.3. The maximum atomic E-state index is 13.8. The Hall–Kier alpha value is -5.92. The molecule has 56 heavy (non-hydrogen) atoms. The van der Waals surface area contributed by atoms with Crippen molar-refractivity contribution in [1.82, 2.24) is 25.8 Å². The first-order valence-electron chi connectivity index (χ1n) is 19.0. The molecule has 1 heterocycles. The summed E-state index contributed by atoms with van der Waals surface area (Å²) >= 11 is 0. The molecule has 1 unspecified atom stereocenters. The molecule has 3 N–H and O–H groups in total. The second-order valence-electron chi connectivity index (χ2n) is 14.3. The van der Waals surface area contributed by atoms with E-state index in [0.717, 1.165) is 11.1 Å². The molecule has 0 aromatic heterocycles. The molecule has 0 fully saturated rings. The molecule has 0 radical (unpaired) electrons. The summed E-state index contributed by atoms with van der Waals surface area (Å²) in [5, 5.41) is 8.33. The van der Waals surface area contributed by atoms with E-state index in [9.17, 15) is 28.8 Å². The Morgan fingerprint density at radius 2 is 1.18 bits per heavy atom. The van der Waals surface area contributed by atoms with Crippen LogP contribution in [-0.4, -0.2) is 90.2 Å². The summed E-state index contributed by atoms with van der Waals surface area (Å²) in [6.07, 6.45) is 0.655. The molecule has 3 aromatic rings. The van der Waals surface area contributed by atoms with E-state index in [1.807, 2.05) is 60.7 Å². The summed E-state index contributed by atoms with van der Waals surface area (Å²) in [6, 6.07) is 24.2. The number of nitrogens with zero attached hydrogens (tertiary/aromatic N) is 2. The van der Waals surface area contributed by atoms with Crippen molar-refractivity contribution in [1.29, 1.82) is 0 Å². The highest BCUT2D eigenvalue weighted by atomic mass is 16.6. The van der Waals surface area contributed by atoms with E-state index >= 15 is 0 Å². The van der Waals surface area contributed by atoms with Gasteiger partial charge in [0.25, 0.3) is 11.8 Å². The molecule has 0 saturated carbocycles. The number of carbonyl (C=O) groups is 6. The summed E-state index contributed by atoms with van der Waals surface area (Å²) in [6.45, 7) is 6.35. The fraction of sp³-hybridized carbons (Fsp3) is 0.429. The standard InChI is InChI=1S/C42H53N5O9/c1-42(2,3)56-40(52)45-25-15-23-35(36(48)43-24-13-6-14-27-47-37(49)33-21-11-12-22-34(33)38(47)50)46(41(53)55-30-32-19-9-5-10-20-32)28-16-26-44-39(51)54-29-31-17-7-4-8-18-31/h4-5,7-12,17-22,35H,6,13-16,23-30H2,1-3H3,(H,43,48)(H,44,51)(H,45,52). The third-order valence-corrected chi connectivity index (χ3v) is 8.73. The van der Waals surface area contributed by atoms with Gasteiger partial charge >= 0.3 is 18.3 Å². The van der Waals surface area contributed by atoms with Gasteiger partial charge in [-0.15, -0.1) is 0 Å². The van der Waals surface area contributed by atoms with E-state index in [1.54, 1.807) is 45.0 Å². The monoisotopic (exact) mass is 771 g/mol. The lowest BCUT2D eigenvalue weighted by atomic mass is 10.1. The number of carbonyl (C=O) groups excluding carboxylic acids is 6. The van der Waals surface area contributed by atoms with E-state index in [-0.39, 0.29) is 64.2 Å². The smallest absolute Gasteiger partial charge is 0.410 e. The van der Waals surface area contributed by atoms with Gasteiger partial charge in [0.15, 0.2) is 0 Å². The van der Waals surface area contributed by atoms with Crippen molar-refractivity contribution in [2.75, 3.05) is 32.7 Å². The van der Waals surface area contributed by atoms with Crippen molar-refractivity contribution < 1.29 is 43.0 Å². The van der Waals surface area contributed by atoms with Crippen LogP contribution in [0.1, 0.15) is 91.1 Å². The highest BCUT2D eigenvalue weighted by Crippen LogP contribution is 2.23. The van der Waals surface area contributed by atoms with Crippen LogP contribution >= 0.6 is 0 Å². The normalized spacial score (nSPS) is 12.7. The van der Waals surface area contributed by atoms with Crippen LogP contribution in [0.2, 0.25) is 0 Å². The molecule has 4 rings (SSSR count). The Bertz CT molecular complexity index is 1730. The number of rotatable bonds is 20. The lowest BCUT2D eigenvalue weighted by Crippen LogP contribution is -2.51. The van der Waals surface area contributed by atoms with Crippen molar-refractivity contribution in [3.63, 3.8) is 0 Å². The van der Waals surface area contributed by atoms with Crippen molar-refractivity contribution >= 4 is 36.0 Å². The molecular formula is C42H53N5O9. The third-order valence-electron chi connectivity index (χ3n) is 8.73. The topological polar surface area (TPSA) is 173 Å². The molecule has 14 heteroatoms. The Balaban J connectivity index is 1.35. The van der Waals surface area contributed by atoms with Crippen LogP contribution in [0.4, 0.5) is 14.4 Å². The maximum absolute atomic E-state index is 13.8. The molecule has 0 aliphatic carbocycles. The van der Waals surface area contributed by atoms with Crippen molar-refractivity contribution in [2.24, 2.45) is 0 Å². The number of amides is 6. The van der Waals surface area contributed by atoms with Gasteiger partial charge in [-0.25, -0.2) is 14.4 Å². The first kappa shape index (κ1) is 42.8. The van der Waals surface area contributed by atoms with Gasteiger partial charge in [0, 0.05) is 32.7 Å². The van der Waals surface area contributed by atoms with Gasteiger partial charge in [0.1, 0.15) is 24.9 Å². The zero-order valence-corrected chi connectivity index (χ0v) is 32.4. The van der Waals surface area contributed by atoms with Crippen LogP contribution in [-0.2, 0) is 32.2 Å². The van der Waals surface area contributed by atoms with Crippen molar-refractivity contribution in [2.45, 2.75) is 84.2 Å². The molecule has 3 aromatic carbocycles. The summed E-state index contributed by atoms with van der Waals surface area (Å²) in [7, 11) is 0. The largest absolute Gasteiger partial charge is 0.445 e. The van der Waals surface area contributed by atoms with Gasteiger partial charge < -0.3 is 30.2 Å². The van der Waals surface area contributed by atoms with E-state index in [0.29, 0.717) is 43.2 Å². The van der Waals surface area contributed by atoms with E-state index in [1.165, 1.54) is 9.80 Å². The number of fused-ring (bicyclic) bond motifs is 1. The predicted molar refractivity (Wildman–Crippen MR) is 209 cm³/mol. The number of unbranched alkanes of at least 4 members (excludes halogenated alkanes) is 2. The fourth-order valence-electron chi connectivity index (χ4n) is 5.96. The number of alkyl carbamates (subject to hydrolysis) is 2. The quantitative estimate of drug-likeness (QED) is 0.0687. The fourth-order valence-corrected chi connectivity index (χ4v) is 5.96. The van der Waals surface area contributed by atoms with Gasteiger partial charge in [0.2, 0.25) is 5.91 Å². The molecule has 14 nitrogen and oxygen atoms in total. The van der Waals surface area contributed by atoms with E-state index < -0.39 is 35.8 Å². The molecule has 0 saturated heterocycles. The van der Waals surface area contributed by atoms with Crippen LogP contribution in [0.25, 0.3) is 0 Å². The minimum Gasteiger partial charge on any atom is -0.445 e. The van der Waals surface area contributed by atoms with E-state index in [2.05, 4.69) is 16.0 Å². The van der Waals surface area contributed by atoms with Gasteiger partial charge in [0.05, 0.1) is 11.1 Å². The average molecular weight is 772 g/mol. The van der Waals surface area contributed by atoms with Crippen molar-refractivity contribution in [3.8, 4) is 0 Å². The second kappa shape index (κ2) is 21.8. The highest BCUT2D eigenvalue weighted by molar-refractivity contribution is 6.21. The van der Waals surface area contributed by atoms with Gasteiger partial charge in [-0.3, -0.25) is 24.2 Å². The number of imide groups is 1. The third kappa shape index (κ3) is 14.1. The van der Waals surface area contributed by atoms with Crippen LogP contribution in [0.3, 0.4) is 0 Å². The van der Waals surface area contributed by atoms with Gasteiger partial charge in [-0.05, 0) is 82.6 Å². The predicted octanol–water partition coefficient (Wildman–Crippen LogP) is 6.20. The summed E-state index contributed by atoms with van der Waals surface area (Å²) in [5.41, 5.74) is 1.74. The number of nitrogens with one attached hydrogen (secondary N) is 3. The molecule has 300 valence electrons. The highest BCUT2D eigenvalue weighted by Gasteiger charge is 2.34. The van der Waals surface area contributed by atoms with Crippen molar-refractivity contribution in [3.05, 3.63) is 107 Å². The van der Waals surface area contributed by atoms with Crippen LogP contribution in [0.5, 0.6) is 0 Å². The molecular weight excluding hydrogens is 718 g/mol. The minimum absolute atomic E-state index is 0.0120. The Morgan fingerprint density at radius 3 is 1.79 bits per heavy atom. The molecule has 0 bridgehead atoms. The van der Waals surface area contributed by atoms with E-state index in [4.69, 9.17) is 14.2 Å². The van der Waals surface area contributed by atoms with Crippen LogP contribution in [0, 0.1) is 0 Å². The average Bonchev–Trinajstić information content (AvgIpc) is 3.42. The molecule has 6 amide bonds. The summed E-state index contributed by atoms with van der Waals surface area (Å²) in [4.78, 5) is 80.2. The lowest BCUT2D eigenvalue weighted by molar-refractivity contribution is -0.126. The zero-order valence-electron chi connectivity index (χ0n) is 32.4. The number of hydrogen-bond donors (Lipinski definition) is 3. The SMILES string of the molecule is CC(C)(C)OC(=O)NCCCC(C(=O)NCCCCCN1C(=O)c2ccccc2C1=O)N(CCCNC(=O)OCc1ccccc1)C(=O)OCc1ccccc1. The number of ether oxygens (including phenoxy) is 3. The Labute approximate surface area is 328 Å². The number of hydrogen-bond acceptors (Lipinski definition) is 9. The lowest BCUT2D eigenvalue weighted by Gasteiger charge is -2.30. The molecule has 1 atom stereocenters. The van der Waals surface area contributed by atoms with Gasteiger partial charge in [-0.2, -0.15) is 0 Å². The minimum atomic E-state index is -0.970. The first-order valence-corrected chi connectivity index (χ1v) is 19.0. The zero-order chi connectivity index (χ0) is 40.3.